The van der Waals surface area contributed by atoms with E-state index in [1.54, 1.807) is 24.8 Å². The van der Waals surface area contributed by atoms with Crippen LogP contribution in [0.4, 0.5) is 11.6 Å². The van der Waals surface area contributed by atoms with Crippen LogP contribution in [0.15, 0.2) is 23.2 Å². The van der Waals surface area contributed by atoms with Crippen molar-refractivity contribution in [1.82, 2.24) is 9.97 Å². The smallest absolute Gasteiger partial charge is 0.204 e. The van der Waals surface area contributed by atoms with Crippen LogP contribution in [0.2, 0.25) is 0 Å². The molecule has 2 aromatic rings. The summed E-state index contributed by atoms with van der Waals surface area (Å²) >= 11 is 1.69. The monoisotopic (exact) mass is 292 g/mol. The zero-order valence-corrected chi connectivity index (χ0v) is 12.8. The molecule has 0 radical (unpaired) electrons. The summed E-state index contributed by atoms with van der Waals surface area (Å²) in [4.78, 5) is 8.52. The highest BCUT2D eigenvalue weighted by Crippen LogP contribution is 2.31. The molecular weight excluding hydrogens is 272 g/mol. The maximum absolute atomic E-state index is 5.44. The van der Waals surface area contributed by atoms with E-state index < -0.39 is 0 Å². The Morgan fingerprint density at radius 2 is 2.15 bits per heavy atom. The van der Waals surface area contributed by atoms with E-state index in [1.807, 2.05) is 0 Å². The zero-order valence-electron chi connectivity index (χ0n) is 12.0. The third-order valence-corrected chi connectivity index (χ3v) is 3.65. The third-order valence-electron chi connectivity index (χ3n) is 2.95. The van der Waals surface area contributed by atoms with Crippen molar-refractivity contribution in [3.05, 3.63) is 28.7 Å². The lowest BCUT2D eigenvalue weighted by molar-refractivity contribution is 0.414. The fourth-order valence-electron chi connectivity index (χ4n) is 1.85. The number of anilines is 2. The molecule has 0 aliphatic carbocycles. The molecule has 0 saturated carbocycles. The van der Waals surface area contributed by atoms with Crippen LogP contribution in [0, 0.1) is 0 Å². The van der Waals surface area contributed by atoms with Gasteiger partial charge in [-0.25, -0.2) is 9.97 Å². The SMILES string of the molecule is CCCNc1ncnc(NC(C)c2ccsc2)c1OC. The van der Waals surface area contributed by atoms with Crippen LogP contribution >= 0.6 is 11.3 Å². The topological polar surface area (TPSA) is 59.1 Å². The summed E-state index contributed by atoms with van der Waals surface area (Å²) in [6, 6.07) is 2.27. The van der Waals surface area contributed by atoms with Gasteiger partial charge in [0.05, 0.1) is 13.2 Å². The van der Waals surface area contributed by atoms with Gasteiger partial charge in [0.1, 0.15) is 6.33 Å². The van der Waals surface area contributed by atoms with Gasteiger partial charge in [0.15, 0.2) is 11.6 Å². The van der Waals surface area contributed by atoms with Crippen LogP contribution in [-0.4, -0.2) is 23.6 Å². The Morgan fingerprint density at radius 3 is 2.80 bits per heavy atom. The van der Waals surface area contributed by atoms with E-state index in [2.05, 4.69) is 51.3 Å². The summed E-state index contributed by atoms with van der Waals surface area (Å²) in [7, 11) is 1.64. The molecule has 0 aliphatic heterocycles. The van der Waals surface area contributed by atoms with Crippen LogP contribution in [0.5, 0.6) is 5.75 Å². The number of ether oxygens (including phenoxy) is 1. The fraction of sp³-hybridized carbons (Fsp3) is 0.429. The van der Waals surface area contributed by atoms with Gasteiger partial charge in [-0.05, 0) is 35.7 Å². The Hall–Kier alpha value is -1.82. The summed E-state index contributed by atoms with van der Waals surface area (Å²) in [6.45, 7) is 5.06. The Balaban J connectivity index is 2.18. The maximum atomic E-state index is 5.44. The molecule has 1 atom stereocenters. The van der Waals surface area contributed by atoms with Gasteiger partial charge in [0.25, 0.3) is 0 Å². The highest BCUT2D eigenvalue weighted by Gasteiger charge is 2.14. The van der Waals surface area contributed by atoms with Crippen LogP contribution in [0.3, 0.4) is 0 Å². The van der Waals surface area contributed by atoms with Crippen LogP contribution < -0.4 is 15.4 Å². The Labute approximate surface area is 123 Å². The Bertz CT molecular complexity index is 530. The molecule has 108 valence electrons. The van der Waals surface area contributed by atoms with Crippen molar-refractivity contribution >= 4 is 23.0 Å². The van der Waals surface area contributed by atoms with Crippen molar-refractivity contribution in [3.63, 3.8) is 0 Å². The average Bonchev–Trinajstić information content (AvgIpc) is 2.99. The highest BCUT2D eigenvalue weighted by molar-refractivity contribution is 7.07. The van der Waals surface area contributed by atoms with Crippen molar-refractivity contribution in [3.8, 4) is 5.75 Å². The Kier molecular flexibility index (Phi) is 5.17. The summed E-state index contributed by atoms with van der Waals surface area (Å²) in [6.07, 6.45) is 2.57. The number of thiophene rings is 1. The first kappa shape index (κ1) is 14.6. The number of methoxy groups -OCH3 is 1. The number of nitrogens with zero attached hydrogens (tertiary/aromatic N) is 2. The highest BCUT2D eigenvalue weighted by atomic mass is 32.1. The van der Waals surface area contributed by atoms with E-state index in [0.29, 0.717) is 11.6 Å². The lowest BCUT2D eigenvalue weighted by Crippen LogP contribution is -2.11. The van der Waals surface area contributed by atoms with E-state index in [1.165, 1.54) is 5.56 Å². The summed E-state index contributed by atoms with van der Waals surface area (Å²) in [5.74, 6) is 2.09. The molecule has 0 aromatic carbocycles. The molecule has 0 aliphatic rings. The zero-order chi connectivity index (χ0) is 14.4. The number of hydrogen-bond donors (Lipinski definition) is 2. The van der Waals surface area contributed by atoms with Gasteiger partial charge >= 0.3 is 0 Å². The van der Waals surface area contributed by atoms with Crippen molar-refractivity contribution in [1.29, 1.82) is 0 Å². The first-order valence-electron chi connectivity index (χ1n) is 6.67. The van der Waals surface area contributed by atoms with Crippen molar-refractivity contribution in [2.24, 2.45) is 0 Å². The van der Waals surface area contributed by atoms with Gasteiger partial charge in [-0.15, -0.1) is 0 Å². The number of aromatic nitrogens is 2. The first-order chi connectivity index (χ1) is 9.76. The molecule has 0 fully saturated rings. The van der Waals surface area contributed by atoms with Gasteiger partial charge in [-0.1, -0.05) is 6.92 Å². The number of nitrogens with one attached hydrogen (secondary N) is 2. The number of hydrogen-bond acceptors (Lipinski definition) is 6. The average molecular weight is 292 g/mol. The van der Waals surface area contributed by atoms with Crippen LogP contribution in [0.25, 0.3) is 0 Å². The molecule has 2 aromatic heterocycles. The maximum Gasteiger partial charge on any atom is 0.204 e. The molecule has 20 heavy (non-hydrogen) atoms. The normalized spacial score (nSPS) is 11.9. The second-order valence-corrected chi connectivity index (χ2v) is 5.23. The van der Waals surface area contributed by atoms with Gasteiger partial charge in [0, 0.05) is 6.54 Å². The van der Waals surface area contributed by atoms with Gasteiger partial charge in [-0.2, -0.15) is 11.3 Å². The van der Waals surface area contributed by atoms with Gasteiger partial charge in [0.2, 0.25) is 5.75 Å². The molecule has 2 heterocycles. The predicted molar refractivity (Wildman–Crippen MR) is 83.7 cm³/mol. The van der Waals surface area contributed by atoms with Crippen molar-refractivity contribution in [2.45, 2.75) is 26.3 Å². The summed E-state index contributed by atoms with van der Waals surface area (Å²) < 4.78 is 5.44. The van der Waals surface area contributed by atoms with Crippen molar-refractivity contribution in [2.75, 3.05) is 24.3 Å². The second kappa shape index (κ2) is 7.09. The molecule has 6 heteroatoms. The van der Waals surface area contributed by atoms with Crippen LogP contribution in [-0.2, 0) is 0 Å². The third kappa shape index (κ3) is 3.39. The minimum atomic E-state index is 0.170. The van der Waals surface area contributed by atoms with Gasteiger partial charge < -0.3 is 15.4 Å². The predicted octanol–water partition coefficient (Wildman–Crippen LogP) is 3.54. The summed E-state index contributed by atoms with van der Waals surface area (Å²) in [5, 5.41) is 10.8. The molecule has 5 nitrogen and oxygen atoms in total. The fourth-order valence-corrected chi connectivity index (χ4v) is 2.60. The molecule has 0 spiro atoms. The standard InChI is InChI=1S/C14H20N4OS/c1-4-6-15-13-12(19-3)14(17-9-16-13)18-10(2)11-5-7-20-8-11/h5,7-10H,4,6H2,1-3H3,(H2,15,16,17,18). The lowest BCUT2D eigenvalue weighted by atomic mass is 10.2. The van der Waals surface area contributed by atoms with E-state index in [4.69, 9.17) is 4.74 Å². The second-order valence-electron chi connectivity index (χ2n) is 4.45. The molecule has 0 saturated heterocycles. The van der Waals surface area contributed by atoms with Crippen molar-refractivity contribution < 1.29 is 4.74 Å². The van der Waals surface area contributed by atoms with E-state index in [9.17, 15) is 0 Å². The molecule has 1 unspecified atom stereocenters. The Morgan fingerprint density at radius 1 is 1.35 bits per heavy atom. The number of rotatable bonds is 7. The largest absolute Gasteiger partial charge is 0.490 e. The minimum absolute atomic E-state index is 0.170. The van der Waals surface area contributed by atoms with E-state index in [-0.39, 0.29) is 6.04 Å². The molecule has 0 amide bonds. The molecule has 0 bridgehead atoms. The van der Waals surface area contributed by atoms with E-state index in [0.717, 1.165) is 18.8 Å². The van der Waals surface area contributed by atoms with Gasteiger partial charge in [-0.3, -0.25) is 0 Å². The van der Waals surface area contributed by atoms with E-state index >= 15 is 0 Å². The minimum Gasteiger partial charge on any atom is -0.490 e. The van der Waals surface area contributed by atoms with Crippen LogP contribution in [0.1, 0.15) is 31.9 Å². The quantitative estimate of drug-likeness (QED) is 0.817. The first-order valence-corrected chi connectivity index (χ1v) is 7.62. The molecular formula is C14H20N4OS. The molecule has 2 N–H and O–H groups in total. The summed E-state index contributed by atoms with van der Waals surface area (Å²) in [5.41, 5.74) is 1.23. The lowest BCUT2D eigenvalue weighted by Gasteiger charge is -2.17. The molecule has 2 rings (SSSR count).